The zero-order valence-corrected chi connectivity index (χ0v) is 12.6. The topological polar surface area (TPSA) is 73.4 Å². The van der Waals surface area contributed by atoms with Crippen LogP contribution in [0.5, 0.6) is 0 Å². The van der Waals surface area contributed by atoms with Crippen molar-refractivity contribution >= 4 is 0 Å². The third kappa shape index (κ3) is 1.45. The molecule has 1 aromatic heterocycles. The summed E-state index contributed by atoms with van der Waals surface area (Å²) >= 11 is 0. The van der Waals surface area contributed by atoms with E-state index in [1.165, 1.54) is 22.3 Å². The van der Waals surface area contributed by atoms with Crippen LogP contribution >= 0.6 is 0 Å². The van der Waals surface area contributed by atoms with Gasteiger partial charge in [0.2, 0.25) is 0 Å². The summed E-state index contributed by atoms with van der Waals surface area (Å²) in [5, 5.41) is 18.6. The highest BCUT2D eigenvalue weighted by atomic mass is 14.9. The Morgan fingerprint density at radius 3 is 1.25 bits per heavy atom. The summed E-state index contributed by atoms with van der Waals surface area (Å²) in [6, 6.07) is 20.6. The van der Waals surface area contributed by atoms with Gasteiger partial charge in [0, 0.05) is 0 Å². The number of rotatable bonds is 0. The van der Waals surface area contributed by atoms with E-state index in [2.05, 4.69) is 34.2 Å². The lowest BCUT2D eigenvalue weighted by Crippen LogP contribution is -2.30. The minimum absolute atomic E-state index is 0.0234. The second kappa shape index (κ2) is 4.50. The molecule has 0 radical (unpaired) electrons. The SMILES string of the molecule is N#Cc1nc2c(nc1C#N)C1c3ccccc3C2c2ccccc21. The smallest absolute Gasteiger partial charge is 0.177 e. The van der Waals surface area contributed by atoms with Crippen LogP contribution in [0, 0.1) is 22.7 Å². The van der Waals surface area contributed by atoms with E-state index in [0.717, 1.165) is 11.4 Å². The molecule has 1 heterocycles. The van der Waals surface area contributed by atoms with Crippen LogP contribution in [0.3, 0.4) is 0 Å². The maximum Gasteiger partial charge on any atom is 0.177 e. The molecule has 2 bridgehead atoms. The molecular weight excluding hydrogens is 296 g/mol. The van der Waals surface area contributed by atoms with Gasteiger partial charge in [0.25, 0.3) is 0 Å². The second-order valence-electron chi connectivity index (χ2n) is 6.04. The third-order valence-electron chi connectivity index (χ3n) is 4.95. The van der Waals surface area contributed by atoms with Crippen LogP contribution in [0.4, 0.5) is 0 Å². The maximum atomic E-state index is 9.31. The quantitative estimate of drug-likeness (QED) is 0.440. The number of nitriles is 2. The van der Waals surface area contributed by atoms with Crippen LogP contribution in [-0.2, 0) is 0 Å². The molecule has 3 aliphatic rings. The Labute approximate surface area is 138 Å². The summed E-state index contributed by atoms with van der Waals surface area (Å²) in [6.45, 7) is 0. The first-order valence-electron chi connectivity index (χ1n) is 7.73. The molecule has 0 N–H and O–H groups in total. The highest BCUT2D eigenvalue weighted by Crippen LogP contribution is 2.54. The Morgan fingerprint density at radius 2 is 0.958 bits per heavy atom. The number of hydrogen-bond donors (Lipinski definition) is 0. The van der Waals surface area contributed by atoms with Gasteiger partial charge in [-0.05, 0) is 22.3 Å². The number of hydrogen-bond acceptors (Lipinski definition) is 4. The van der Waals surface area contributed by atoms with E-state index in [1.54, 1.807) is 0 Å². The lowest BCUT2D eigenvalue weighted by atomic mass is 9.64. The third-order valence-corrected chi connectivity index (χ3v) is 4.95. The lowest BCUT2D eigenvalue weighted by molar-refractivity contribution is 0.695. The molecule has 4 nitrogen and oxygen atoms in total. The molecule has 0 saturated carbocycles. The van der Waals surface area contributed by atoms with Crippen molar-refractivity contribution < 1.29 is 0 Å². The van der Waals surface area contributed by atoms with Gasteiger partial charge in [0.1, 0.15) is 12.1 Å². The fourth-order valence-electron chi connectivity index (χ4n) is 4.04. The van der Waals surface area contributed by atoms with E-state index >= 15 is 0 Å². The molecule has 0 aliphatic heterocycles. The zero-order valence-electron chi connectivity index (χ0n) is 12.6. The van der Waals surface area contributed by atoms with Crippen molar-refractivity contribution in [3.8, 4) is 12.1 Å². The van der Waals surface area contributed by atoms with Crippen molar-refractivity contribution in [1.29, 1.82) is 10.5 Å². The van der Waals surface area contributed by atoms with Gasteiger partial charge in [-0.2, -0.15) is 10.5 Å². The summed E-state index contributed by atoms with van der Waals surface area (Å²) in [7, 11) is 0. The normalized spacial score (nSPS) is 18.8. The molecular formula is C20H10N4. The summed E-state index contributed by atoms with van der Waals surface area (Å²) in [5.74, 6) is -0.0468. The average molecular weight is 306 g/mol. The molecule has 110 valence electrons. The second-order valence-corrected chi connectivity index (χ2v) is 6.04. The minimum Gasteiger partial charge on any atom is -0.236 e. The van der Waals surface area contributed by atoms with E-state index in [-0.39, 0.29) is 23.2 Å². The Kier molecular flexibility index (Phi) is 2.44. The average Bonchev–Trinajstić information content (AvgIpc) is 2.66. The van der Waals surface area contributed by atoms with Gasteiger partial charge < -0.3 is 0 Å². The van der Waals surface area contributed by atoms with Crippen LogP contribution < -0.4 is 0 Å². The molecule has 0 unspecified atom stereocenters. The lowest BCUT2D eigenvalue weighted by Gasteiger charge is -2.40. The number of nitrogens with zero attached hydrogens (tertiary/aromatic N) is 4. The van der Waals surface area contributed by atoms with Crippen molar-refractivity contribution in [2.24, 2.45) is 0 Å². The summed E-state index contributed by atoms with van der Waals surface area (Å²) in [5.41, 5.74) is 6.72. The van der Waals surface area contributed by atoms with Gasteiger partial charge in [0.05, 0.1) is 23.2 Å². The van der Waals surface area contributed by atoms with Crippen LogP contribution in [0.15, 0.2) is 48.5 Å². The molecule has 0 saturated heterocycles. The highest BCUT2D eigenvalue weighted by molar-refractivity contribution is 5.65. The van der Waals surface area contributed by atoms with E-state index < -0.39 is 0 Å². The van der Waals surface area contributed by atoms with Crippen molar-refractivity contribution in [1.82, 2.24) is 9.97 Å². The summed E-state index contributed by atoms with van der Waals surface area (Å²) in [6.07, 6.45) is 0. The monoisotopic (exact) mass is 306 g/mol. The summed E-state index contributed by atoms with van der Waals surface area (Å²) in [4.78, 5) is 9.07. The molecule has 3 aliphatic carbocycles. The molecule has 0 spiro atoms. The highest BCUT2D eigenvalue weighted by Gasteiger charge is 2.43. The first-order chi connectivity index (χ1) is 11.8. The minimum atomic E-state index is -0.0234. The van der Waals surface area contributed by atoms with Crippen molar-refractivity contribution in [3.05, 3.63) is 93.6 Å². The summed E-state index contributed by atoms with van der Waals surface area (Å²) < 4.78 is 0. The largest absolute Gasteiger partial charge is 0.236 e. The molecule has 6 rings (SSSR count). The fourth-order valence-corrected chi connectivity index (χ4v) is 4.04. The van der Waals surface area contributed by atoms with E-state index in [0.29, 0.717) is 0 Å². The molecule has 0 amide bonds. The molecule has 3 aromatic rings. The Bertz CT molecular complexity index is 967. The van der Waals surface area contributed by atoms with E-state index in [4.69, 9.17) is 0 Å². The van der Waals surface area contributed by atoms with Gasteiger partial charge in [-0.25, -0.2) is 9.97 Å². The predicted molar refractivity (Wildman–Crippen MR) is 86.2 cm³/mol. The van der Waals surface area contributed by atoms with E-state index in [1.807, 2.05) is 36.4 Å². The first-order valence-corrected chi connectivity index (χ1v) is 7.73. The molecule has 0 fully saturated rings. The fraction of sp³-hybridized carbons (Fsp3) is 0.100. The van der Waals surface area contributed by atoms with Crippen LogP contribution in [0.2, 0.25) is 0 Å². The molecule has 0 atom stereocenters. The van der Waals surface area contributed by atoms with Crippen molar-refractivity contribution in [3.63, 3.8) is 0 Å². The Balaban J connectivity index is 1.90. The van der Waals surface area contributed by atoms with Crippen LogP contribution in [0.25, 0.3) is 0 Å². The van der Waals surface area contributed by atoms with E-state index in [9.17, 15) is 10.5 Å². The van der Waals surface area contributed by atoms with Crippen LogP contribution in [-0.4, -0.2) is 9.97 Å². The standard InChI is InChI=1S/C20H10N4/c21-9-15-16(10-22)24-20-18-12-6-2-1-5-11(12)17(19(20)23-15)13-7-3-4-8-14(13)18/h1-8,17-18H. The van der Waals surface area contributed by atoms with Gasteiger partial charge in [-0.3, -0.25) is 0 Å². The van der Waals surface area contributed by atoms with Crippen molar-refractivity contribution in [2.75, 3.05) is 0 Å². The zero-order chi connectivity index (χ0) is 16.3. The van der Waals surface area contributed by atoms with Gasteiger partial charge in [-0.15, -0.1) is 0 Å². The van der Waals surface area contributed by atoms with Gasteiger partial charge in [0.15, 0.2) is 11.4 Å². The number of benzene rings is 2. The molecule has 24 heavy (non-hydrogen) atoms. The number of aromatic nitrogens is 2. The van der Waals surface area contributed by atoms with Crippen LogP contribution in [0.1, 0.15) is 56.9 Å². The molecule has 4 heteroatoms. The Hall–Kier alpha value is -3.50. The van der Waals surface area contributed by atoms with Crippen molar-refractivity contribution in [2.45, 2.75) is 11.8 Å². The van der Waals surface area contributed by atoms with Gasteiger partial charge >= 0.3 is 0 Å². The molecule has 2 aromatic carbocycles. The Morgan fingerprint density at radius 1 is 0.625 bits per heavy atom. The van der Waals surface area contributed by atoms with Gasteiger partial charge in [-0.1, -0.05) is 48.5 Å². The first kappa shape index (κ1) is 13.0. The predicted octanol–water partition coefficient (Wildman–Crippen LogP) is 3.21. The maximum absolute atomic E-state index is 9.31.